The number of thioether (sulfide) groups is 1. The molecule has 0 spiro atoms. The lowest BCUT2D eigenvalue weighted by Gasteiger charge is -2.04. The average Bonchev–Trinajstić information content (AvgIpc) is 2.66. The normalized spacial score (nSPS) is 12.8. The number of hydrogen-bond donors (Lipinski definition) is 1. The second-order valence-electron chi connectivity index (χ2n) is 2.70. The molecule has 13 heavy (non-hydrogen) atoms. The summed E-state index contributed by atoms with van der Waals surface area (Å²) >= 11 is 1.42. The minimum atomic E-state index is -0.0321. The van der Waals surface area contributed by atoms with Gasteiger partial charge in [0.1, 0.15) is 0 Å². The lowest BCUT2D eigenvalue weighted by atomic mass is 10.3. The Morgan fingerprint density at radius 1 is 1.77 bits per heavy atom. The maximum atomic E-state index is 11.3. The molecular weight excluding hydrogens is 188 g/mol. The molecule has 4 heteroatoms. The number of carbonyl (C=O) groups excluding carboxylic acids is 1. The van der Waals surface area contributed by atoms with Gasteiger partial charge in [-0.2, -0.15) is 0 Å². The molecular formula is C9H12O3S. The molecule has 0 aliphatic carbocycles. The highest BCUT2D eigenvalue weighted by Crippen LogP contribution is 2.12. The number of rotatable bonds is 5. The van der Waals surface area contributed by atoms with Crippen LogP contribution >= 0.6 is 11.8 Å². The molecule has 1 rings (SSSR count). The number of aliphatic hydroxyl groups is 1. The van der Waals surface area contributed by atoms with Gasteiger partial charge in [-0.3, -0.25) is 4.79 Å². The summed E-state index contributed by atoms with van der Waals surface area (Å²) in [5, 5.41) is 8.82. The molecule has 0 fully saturated rings. The molecule has 0 aliphatic rings. The zero-order chi connectivity index (χ0) is 9.68. The van der Waals surface area contributed by atoms with Gasteiger partial charge in [0.15, 0.2) is 5.76 Å². The van der Waals surface area contributed by atoms with Crippen LogP contribution < -0.4 is 0 Å². The summed E-state index contributed by atoms with van der Waals surface area (Å²) in [5.41, 5.74) is 0. The minimum Gasteiger partial charge on any atom is -0.461 e. The molecule has 1 heterocycles. The largest absolute Gasteiger partial charge is 0.461 e. The first-order valence-corrected chi connectivity index (χ1v) is 5.08. The van der Waals surface area contributed by atoms with Crippen molar-refractivity contribution in [1.29, 1.82) is 0 Å². The molecule has 0 saturated heterocycles. The Balaban J connectivity index is 2.35. The van der Waals surface area contributed by atoms with Crippen LogP contribution in [-0.2, 0) is 0 Å². The molecule has 72 valence electrons. The van der Waals surface area contributed by atoms with Crippen LogP contribution in [0.2, 0.25) is 0 Å². The van der Waals surface area contributed by atoms with E-state index in [1.807, 2.05) is 6.92 Å². The number of furan rings is 1. The van der Waals surface area contributed by atoms with Crippen molar-refractivity contribution in [2.45, 2.75) is 12.2 Å². The first-order chi connectivity index (χ1) is 6.24. The lowest BCUT2D eigenvalue weighted by Crippen LogP contribution is -2.08. The lowest BCUT2D eigenvalue weighted by molar-refractivity contribution is 0.0992. The second-order valence-corrected chi connectivity index (χ2v) is 4.13. The molecule has 3 nitrogen and oxygen atoms in total. The van der Waals surface area contributed by atoms with Crippen molar-refractivity contribution in [2.24, 2.45) is 0 Å². The van der Waals surface area contributed by atoms with Crippen LogP contribution in [0, 0.1) is 0 Å². The van der Waals surface area contributed by atoms with Crippen LogP contribution in [0.3, 0.4) is 0 Å². The third-order valence-corrected chi connectivity index (χ3v) is 2.70. The van der Waals surface area contributed by atoms with Crippen LogP contribution in [-0.4, -0.2) is 28.5 Å². The van der Waals surface area contributed by atoms with Gasteiger partial charge in [-0.1, -0.05) is 6.92 Å². The molecule has 0 aromatic carbocycles. The third kappa shape index (κ3) is 3.24. The summed E-state index contributed by atoms with van der Waals surface area (Å²) in [6.07, 6.45) is 1.48. The molecule has 1 unspecified atom stereocenters. The van der Waals surface area contributed by atoms with Crippen LogP contribution in [0.4, 0.5) is 0 Å². The van der Waals surface area contributed by atoms with E-state index in [4.69, 9.17) is 9.52 Å². The van der Waals surface area contributed by atoms with Crippen molar-refractivity contribution in [3.8, 4) is 0 Å². The Bertz CT molecular complexity index is 256. The van der Waals surface area contributed by atoms with E-state index in [2.05, 4.69) is 0 Å². The van der Waals surface area contributed by atoms with E-state index >= 15 is 0 Å². The fourth-order valence-electron chi connectivity index (χ4n) is 0.779. The Morgan fingerprint density at radius 2 is 2.54 bits per heavy atom. The zero-order valence-corrected chi connectivity index (χ0v) is 8.21. The topological polar surface area (TPSA) is 50.4 Å². The highest BCUT2D eigenvalue weighted by molar-refractivity contribution is 8.00. The van der Waals surface area contributed by atoms with E-state index in [-0.39, 0.29) is 17.6 Å². The van der Waals surface area contributed by atoms with Gasteiger partial charge < -0.3 is 9.52 Å². The van der Waals surface area contributed by atoms with E-state index in [0.29, 0.717) is 11.5 Å². The van der Waals surface area contributed by atoms with Crippen LogP contribution in [0.15, 0.2) is 22.8 Å². The number of Topliss-reactive ketones (excluding diaryl/α,β-unsaturated/α-hetero) is 1. The average molecular weight is 200 g/mol. The zero-order valence-electron chi connectivity index (χ0n) is 7.40. The molecule has 1 atom stereocenters. The predicted molar refractivity (Wildman–Crippen MR) is 52.0 cm³/mol. The molecule has 0 saturated carbocycles. The van der Waals surface area contributed by atoms with Gasteiger partial charge in [0.2, 0.25) is 5.78 Å². The fraction of sp³-hybridized carbons (Fsp3) is 0.444. The SMILES string of the molecule is CC(CO)SCC(=O)c1ccco1. The summed E-state index contributed by atoms with van der Waals surface area (Å²) < 4.78 is 4.94. The maximum absolute atomic E-state index is 11.3. The van der Waals surface area contributed by atoms with Gasteiger partial charge in [0, 0.05) is 5.25 Å². The standard InChI is InChI=1S/C9H12O3S/c1-7(5-10)13-6-8(11)9-3-2-4-12-9/h2-4,7,10H,5-6H2,1H3. The predicted octanol–water partition coefficient (Wildman–Crippen LogP) is 1.58. The van der Waals surface area contributed by atoms with Crippen molar-refractivity contribution < 1.29 is 14.3 Å². The third-order valence-electron chi connectivity index (χ3n) is 1.55. The minimum absolute atomic E-state index is 0.0321. The Hall–Kier alpha value is -0.740. The molecule has 1 N–H and O–H groups in total. The molecule has 0 bridgehead atoms. The van der Waals surface area contributed by atoms with E-state index in [1.54, 1.807) is 12.1 Å². The van der Waals surface area contributed by atoms with Crippen molar-refractivity contribution in [3.63, 3.8) is 0 Å². The van der Waals surface area contributed by atoms with Crippen molar-refractivity contribution >= 4 is 17.5 Å². The van der Waals surface area contributed by atoms with Gasteiger partial charge in [-0.05, 0) is 12.1 Å². The van der Waals surface area contributed by atoms with Crippen LogP contribution in [0.25, 0.3) is 0 Å². The van der Waals surface area contributed by atoms with E-state index in [9.17, 15) is 4.79 Å². The molecule has 1 aromatic heterocycles. The molecule has 0 radical (unpaired) electrons. The van der Waals surface area contributed by atoms with E-state index in [1.165, 1.54) is 18.0 Å². The van der Waals surface area contributed by atoms with Crippen molar-refractivity contribution in [1.82, 2.24) is 0 Å². The second kappa shape index (κ2) is 5.09. The Kier molecular flexibility index (Phi) is 4.05. The summed E-state index contributed by atoms with van der Waals surface area (Å²) in [6, 6.07) is 3.33. The van der Waals surface area contributed by atoms with E-state index in [0.717, 1.165) is 0 Å². The van der Waals surface area contributed by atoms with Crippen molar-refractivity contribution in [3.05, 3.63) is 24.2 Å². The fourth-order valence-corrected chi connectivity index (χ4v) is 1.46. The van der Waals surface area contributed by atoms with Gasteiger partial charge >= 0.3 is 0 Å². The monoisotopic (exact) mass is 200 g/mol. The Labute approximate surface area is 81.1 Å². The maximum Gasteiger partial charge on any atom is 0.207 e. The number of ketones is 1. The summed E-state index contributed by atoms with van der Waals surface area (Å²) in [5.74, 6) is 0.711. The highest BCUT2D eigenvalue weighted by Gasteiger charge is 2.10. The van der Waals surface area contributed by atoms with Gasteiger partial charge in [0.25, 0.3) is 0 Å². The summed E-state index contributed by atoms with van der Waals surface area (Å²) in [6.45, 7) is 1.97. The Morgan fingerprint density at radius 3 is 3.08 bits per heavy atom. The number of aliphatic hydroxyl groups excluding tert-OH is 1. The first kappa shape index (κ1) is 10.3. The highest BCUT2D eigenvalue weighted by atomic mass is 32.2. The van der Waals surface area contributed by atoms with Crippen LogP contribution in [0.1, 0.15) is 17.5 Å². The van der Waals surface area contributed by atoms with Gasteiger partial charge in [0.05, 0.1) is 18.6 Å². The first-order valence-electron chi connectivity index (χ1n) is 4.03. The number of hydrogen-bond acceptors (Lipinski definition) is 4. The smallest absolute Gasteiger partial charge is 0.207 e. The number of carbonyl (C=O) groups is 1. The summed E-state index contributed by atoms with van der Waals surface area (Å²) in [7, 11) is 0. The molecule has 0 amide bonds. The van der Waals surface area contributed by atoms with Gasteiger partial charge in [-0.15, -0.1) is 11.8 Å². The quantitative estimate of drug-likeness (QED) is 0.733. The van der Waals surface area contributed by atoms with Gasteiger partial charge in [-0.25, -0.2) is 0 Å². The van der Waals surface area contributed by atoms with E-state index < -0.39 is 0 Å². The van der Waals surface area contributed by atoms with Crippen molar-refractivity contribution in [2.75, 3.05) is 12.4 Å². The molecule has 0 aliphatic heterocycles. The van der Waals surface area contributed by atoms with Crippen LogP contribution in [0.5, 0.6) is 0 Å². The summed E-state index contributed by atoms with van der Waals surface area (Å²) in [4.78, 5) is 11.3. The molecule has 1 aromatic rings.